The van der Waals surface area contributed by atoms with E-state index in [0.29, 0.717) is 19.4 Å². The van der Waals surface area contributed by atoms with Gasteiger partial charge in [-0.25, -0.2) is 5.43 Å². The standard InChI is InChI=1S/C21H21BrN4O/c1-15(17-7-2-4-9-19(17)22)23-12-6-11-21(27)26-25-14-16-13-24-20-10-5-3-8-18(16)20/h2-5,7-10,13-14,23-24H,1,6,11-12H2,(H,26,27). The zero-order valence-electron chi connectivity index (χ0n) is 14.8. The van der Waals surface area contributed by atoms with E-state index in [2.05, 4.69) is 43.3 Å². The zero-order valence-corrected chi connectivity index (χ0v) is 16.4. The van der Waals surface area contributed by atoms with Crippen LogP contribution in [0.4, 0.5) is 0 Å². The van der Waals surface area contributed by atoms with Crippen molar-refractivity contribution in [3.8, 4) is 0 Å². The van der Waals surface area contributed by atoms with Crippen LogP contribution in [0.2, 0.25) is 0 Å². The molecule has 27 heavy (non-hydrogen) atoms. The molecule has 0 fully saturated rings. The molecule has 3 N–H and O–H groups in total. The van der Waals surface area contributed by atoms with Gasteiger partial charge >= 0.3 is 0 Å². The first-order valence-corrected chi connectivity index (χ1v) is 9.50. The van der Waals surface area contributed by atoms with Gasteiger partial charge in [0.2, 0.25) is 5.91 Å². The van der Waals surface area contributed by atoms with Crippen molar-refractivity contribution < 1.29 is 4.79 Å². The number of carbonyl (C=O) groups is 1. The van der Waals surface area contributed by atoms with E-state index in [4.69, 9.17) is 0 Å². The Morgan fingerprint density at radius 1 is 1.19 bits per heavy atom. The van der Waals surface area contributed by atoms with E-state index >= 15 is 0 Å². The molecule has 3 rings (SSSR count). The lowest BCUT2D eigenvalue weighted by atomic mass is 10.2. The predicted octanol–water partition coefficient (Wildman–Crippen LogP) is 4.42. The molecular formula is C21H21BrN4O. The molecule has 1 amide bonds. The summed E-state index contributed by atoms with van der Waals surface area (Å²) in [5, 5.41) is 8.37. The summed E-state index contributed by atoms with van der Waals surface area (Å²) in [7, 11) is 0. The maximum atomic E-state index is 11.9. The van der Waals surface area contributed by atoms with Gasteiger partial charge in [-0.2, -0.15) is 5.10 Å². The number of para-hydroxylation sites is 1. The summed E-state index contributed by atoms with van der Waals surface area (Å²) in [5.41, 5.74) is 6.41. The van der Waals surface area contributed by atoms with Crippen molar-refractivity contribution in [2.24, 2.45) is 5.10 Å². The van der Waals surface area contributed by atoms with Crippen molar-refractivity contribution in [3.05, 3.63) is 76.9 Å². The van der Waals surface area contributed by atoms with Crippen LogP contribution in [0.3, 0.4) is 0 Å². The first-order valence-electron chi connectivity index (χ1n) is 8.71. The second-order valence-electron chi connectivity index (χ2n) is 6.07. The van der Waals surface area contributed by atoms with Crippen LogP contribution in [0.25, 0.3) is 16.6 Å². The Kier molecular flexibility index (Phi) is 6.44. The van der Waals surface area contributed by atoms with E-state index in [1.54, 1.807) is 6.21 Å². The molecule has 1 heterocycles. The highest BCUT2D eigenvalue weighted by Crippen LogP contribution is 2.21. The fraction of sp³-hybridized carbons (Fsp3) is 0.143. The SMILES string of the molecule is C=C(NCCCC(=O)NN=Cc1c[nH]c2ccccc12)c1ccccc1Br. The molecule has 1 aromatic heterocycles. The fourth-order valence-electron chi connectivity index (χ4n) is 2.72. The minimum atomic E-state index is -0.112. The number of aromatic amines is 1. The van der Waals surface area contributed by atoms with E-state index in [1.807, 2.05) is 54.7 Å². The number of carbonyl (C=O) groups excluding carboxylic acids is 1. The lowest BCUT2D eigenvalue weighted by Gasteiger charge is -2.10. The van der Waals surface area contributed by atoms with Crippen molar-refractivity contribution in [1.29, 1.82) is 0 Å². The Bertz CT molecular complexity index is 977. The number of rotatable bonds is 8. The summed E-state index contributed by atoms with van der Waals surface area (Å²) in [6.07, 6.45) is 4.61. The molecule has 0 aliphatic carbocycles. The van der Waals surface area contributed by atoms with Crippen molar-refractivity contribution in [2.45, 2.75) is 12.8 Å². The third-order valence-corrected chi connectivity index (χ3v) is 4.82. The highest BCUT2D eigenvalue weighted by molar-refractivity contribution is 9.10. The molecule has 0 atom stereocenters. The number of H-pyrrole nitrogens is 1. The minimum absolute atomic E-state index is 0.112. The molecular weight excluding hydrogens is 404 g/mol. The molecule has 2 aromatic carbocycles. The maximum Gasteiger partial charge on any atom is 0.240 e. The number of hydrazone groups is 1. The van der Waals surface area contributed by atoms with Crippen LogP contribution in [0.5, 0.6) is 0 Å². The average molecular weight is 425 g/mol. The van der Waals surface area contributed by atoms with Crippen molar-refractivity contribution in [2.75, 3.05) is 6.54 Å². The van der Waals surface area contributed by atoms with Crippen molar-refractivity contribution >= 4 is 44.7 Å². The van der Waals surface area contributed by atoms with Gasteiger partial charge in [0, 0.05) is 51.4 Å². The molecule has 0 unspecified atom stereocenters. The molecule has 6 heteroatoms. The molecule has 0 aliphatic heterocycles. The van der Waals surface area contributed by atoms with Gasteiger partial charge in [-0.05, 0) is 18.6 Å². The monoisotopic (exact) mass is 424 g/mol. The topological polar surface area (TPSA) is 69.3 Å². The zero-order chi connectivity index (χ0) is 19.1. The number of hydrogen-bond acceptors (Lipinski definition) is 3. The normalized spacial score (nSPS) is 11.0. The number of benzene rings is 2. The lowest BCUT2D eigenvalue weighted by molar-refractivity contribution is -0.121. The van der Waals surface area contributed by atoms with E-state index in [9.17, 15) is 4.79 Å². The van der Waals surface area contributed by atoms with Crippen LogP contribution >= 0.6 is 15.9 Å². The number of fused-ring (bicyclic) bond motifs is 1. The summed E-state index contributed by atoms with van der Waals surface area (Å²) in [6, 6.07) is 15.8. The number of hydrogen-bond donors (Lipinski definition) is 3. The number of aromatic nitrogens is 1. The highest BCUT2D eigenvalue weighted by Gasteiger charge is 2.04. The summed E-state index contributed by atoms with van der Waals surface area (Å²) in [4.78, 5) is 15.1. The molecule has 3 aromatic rings. The van der Waals surface area contributed by atoms with E-state index in [1.165, 1.54) is 0 Å². The summed E-state index contributed by atoms with van der Waals surface area (Å²) < 4.78 is 0.992. The number of amides is 1. The molecule has 0 saturated heterocycles. The Morgan fingerprint density at radius 3 is 2.81 bits per heavy atom. The van der Waals surface area contributed by atoms with Gasteiger partial charge in [-0.15, -0.1) is 0 Å². The molecule has 0 bridgehead atoms. The molecule has 0 spiro atoms. The third kappa shape index (κ3) is 5.08. The van der Waals surface area contributed by atoms with Crippen LogP contribution in [0, 0.1) is 0 Å². The minimum Gasteiger partial charge on any atom is -0.385 e. The van der Waals surface area contributed by atoms with Crippen molar-refractivity contribution in [3.63, 3.8) is 0 Å². The van der Waals surface area contributed by atoms with Gasteiger partial charge < -0.3 is 10.3 Å². The molecule has 5 nitrogen and oxygen atoms in total. The van der Waals surface area contributed by atoms with Crippen LogP contribution in [-0.2, 0) is 4.79 Å². The Balaban J connectivity index is 1.40. The molecule has 138 valence electrons. The molecule has 0 radical (unpaired) electrons. The van der Waals surface area contributed by atoms with Crippen molar-refractivity contribution in [1.82, 2.24) is 15.7 Å². The number of nitrogens with one attached hydrogen (secondary N) is 3. The Labute approximate surface area is 166 Å². The second-order valence-corrected chi connectivity index (χ2v) is 6.93. The van der Waals surface area contributed by atoms with Gasteiger partial charge in [-0.3, -0.25) is 4.79 Å². The van der Waals surface area contributed by atoms with Crippen LogP contribution in [0.1, 0.15) is 24.0 Å². The van der Waals surface area contributed by atoms with Gasteiger partial charge in [-0.1, -0.05) is 58.9 Å². The average Bonchev–Trinajstić information content (AvgIpc) is 3.09. The maximum absolute atomic E-state index is 11.9. The van der Waals surface area contributed by atoms with Gasteiger partial charge in [0.25, 0.3) is 0 Å². The predicted molar refractivity (Wildman–Crippen MR) is 114 cm³/mol. The molecule has 0 aliphatic rings. The summed E-state index contributed by atoms with van der Waals surface area (Å²) in [5.74, 6) is -0.112. The van der Waals surface area contributed by atoms with Gasteiger partial charge in [0.1, 0.15) is 0 Å². The van der Waals surface area contributed by atoms with E-state index in [-0.39, 0.29) is 5.91 Å². The first kappa shape index (κ1) is 18.9. The number of halogens is 1. The van der Waals surface area contributed by atoms with Crippen LogP contribution < -0.4 is 10.7 Å². The first-order chi connectivity index (χ1) is 13.1. The largest absolute Gasteiger partial charge is 0.385 e. The Morgan fingerprint density at radius 2 is 1.96 bits per heavy atom. The quantitative estimate of drug-likeness (QED) is 0.284. The third-order valence-electron chi connectivity index (χ3n) is 4.13. The van der Waals surface area contributed by atoms with E-state index < -0.39 is 0 Å². The Hall–Kier alpha value is -2.86. The number of nitrogens with zero attached hydrogens (tertiary/aromatic N) is 1. The van der Waals surface area contributed by atoms with E-state index in [0.717, 1.165) is 32.2 Å². The van der Waals surface area contributed by atoms with Gasteiger partial charge in [0.15, 0.2) is 0 Å². The second kappa shape index (κ2) is 9.19. The summed E-state index contributed by atoms with van der Waals surface area (Å²) >= 11 is 3.51. The highest BCUT2D eigenvalue weighted by atomic mass is 79.9. The lowest BCUT2D eigenvalue weighted by Crippen LogP contribution is -2.20. The summed E-state index contributed by atoms with van der Waals surface area (Å²) in [6.45, 7) is 4.70. The van der Waals surface area contributed by atoms with Gasteiger partial charge in [0.05, 0.1) is 6.21 Å². The van der Waals surface area contributed by atoms with Crippen LogP contribution in [-0.4, -0.2) is 23.7 Å². The van der Waals surface area contributed by atoms with Crippen LogP contribution in [0.15, 0.2) is 70.9 Å². The smallest absolute Gasteiger partial charge is 0.240 e. The fourth-order valence-corrected chi connectivity index (χ4v) is 3.24. The molecule has 0 saturated carbocycles.